The van der Waals surface area contributed by atoms with E-state index in [2.05, 4.69) is 5.32 Å². The summed E-state index contributed by atoms with van der Waals surface area (Å²) in [5.74, 6) is -3.57. The first-order valence-electron chi connectivity index (χ1n) is 5.65. The second-order valence-electron chi connectivity index (χ2n) is 4.37. The van der Waals surface area contributed by atoms with Gasteiger partial charge in [-0.05, 0) is 30.5 Å². The molecule has 0 heterocycles. The van der Waals surface area contributed by atoms with Crippen molar-refractivity contribution in [3.8, 4) is 0 Å². The zero-order valence-electron chi connectivity index (χ0n) is 12.0. The van der Waals surface area contributed by atoms with Gasteiger partial charge in [-0.3, -0.25) is 9.35 Å². The Morgan fingerprint density at radius 3 is 2.10 bits per heavy atom. The van der Waals surface area contributed by atoms with Gasteiger partial charge >= 0.3 is 5.97 Å². The smallest absolute Gasteiger partial charge is 0.330 e. The van der Waals surface area contributed by atoms with Crippen molar-refractivity contribution in [2.75, 3.05) is 5.75 Å². The summed E-state index contributed by atoms with van der Waals surface area (Å²) in [6, 6.07) is 3.75. The number of benzene rings is 1. The number of nitrogens with one attached hydrogen (secondary N) is 1. The number of amides is 1. The van der Waals surface area contributed by atoms with E-state index in [-0.39, 0.29) is 29.6 Å². The molecule has 7 nitrogen and oxygen atoms in total. The van der Waals surface area contributed by atoms with Crippen LogP contribution in [-0.2, 0) is 19.7 Å². The summed E-state index contributed by atoms with van der Waals surface area (Å²) < 4.78 is 29.8. The molecule has 1 aromatic rings. The van der Waals surface area contributed by atoms with Crippen LogP contribution in [0.4, 0.5) is 0 Å². The minimum absolute atomic E-state index is 0. The number of carboxylic acids is 1. The van der Waals surface area contributed by atoms with Crippen molar-refractivity contribution in [3.63, 3.8) is 0 Å². The summed E-state index contributed by atoms with van der Waals surface area (Å²) in [7, 11) is -4.50. The predicted octanol–water partition coefficient (Wildman–Crippen LogP) is 0.0523. The van der Waals surface area contributed by atoms with Crippen LogP contribution in [0.3, 0.4) is 0 Å². The molecule has 111 valence electrons. The first-order chi connectivity index (χ1) is 9.11. The molecule has 1 rings (SSSR count). The molecule has 0 aliphatic rings. The van der Waals surface area contributed by atoms with Gasteiger partial charge in [0, 0.05) is 29.6 Å². The predicted molar refractivity (Wildman–Crippen MR) is 76.6 cm³/mol. The van der Waals surface area contributed by atoms with Gasteiger partial charge < -0.3 is 10.4 Å². The maximum Gasteiger partial charge on any atom is 0.330 e. The Kier molecular flexibility index (Phi) is 7.55. The Morgan fingerprint density at radius 2 is 1.71 bits per heavy atom. The summed E-state index contributed by atoms with van der Waals surface area (Å²) in [5, 5.41) is 11.3. The number of hydrogen-bond acceptors (Lipinski definition) is 4. The van der Waals surface area contributed by atoms with Crippen molar-refractivity contribution >= 4 is 51.6 Å². The molecule has 0 spiro atoms. The number of aryl methyl sites for hydroxylation is 2. The van der Waals surface area contributed by atoms with Crippen LogP contribution in [0.5, 0.6) is 0 Å². The molecule has 1 radical (unpaired) electrons. The fourth-order valence-corrected chi connectivity index (χ4v) is 2.32. The van der Waals surface area contributed by atoms with E-state index < -0.39 is 33.8 Å². The third kappa shape index (κ3) is 6.15. The molecule has 3 N–H and O–H groups in total. The zero-order valence-corrected chi connectivity index (χ0v) is 14.8. The molecule has 0 aliphatic carbocycles. The minimum atomic E-state index is -4.50. The van der Waals surface area contributed by atoms with Crippen molar-refractivity contribution < 1.29 is 27.7 Å². The van der Waals surface area contributed by atoms with E-state index in [1.165, 1.54) is 0 Å². The zero-order chi connectivity index (χ0) is 15.5. The number of aliphatic carboxylic acids is 1. The third-order valence-electron chi connectivity index (χ3n) is 2.70. The molecule has 0 fully saturated rings. The summed E-state index contributed by atoms with van der Waals surface area (Å²) in [4.78, 5) is 22.7. The van der Waals surface area contributed by atoms with Gasteiger partial charge in [-0.2, -0.15) is 8.42 Å². The average molecular weight is 324 g/mol. The van der Waals surface area contributed by atoms with Gasteiger partial charge in [-0.15, -0.1) is 0 Å². The standard InChI is InChI=1S/C12H15NO6S.Na/c1-7-4-3-5-8(2)10(7)11(12(15)16)13-9(14)6-20(17,18)19;/h3-5,11H,6H2,1-2H3,(H,13,14)(H,15,16)(H,17,18,19);. The quantitative estimate of drug-likeness (QED) is 0.520. The summed E-state index contributed by atoms with van der Waals surface area (Å²) in [6.07, 6.45) is 0. The van der Waals surface area contributed by atoms with Crippen LogP contribution in [-0.4, -0.2) is 65.3 Å². The molecule has 1 aromatic carbocycles. The van der Waals surface area contributed by atoms with E-state index in [9.17, 15) is 23.1 Å². The van der Waals surface area contributed by atoms with Crippen molar-refractivity contribution in [1.82, 2.24) is 5.32 Å². The Balaban J connectivity index is 0.00000400. The van der Waals surface area contributed by atoms with E-state index >= 15 is 0 Å². The first-order valence-corrected chi connectivity index (χ1v) is 7.26. The van der Waals surface area contributed by atoms with Crippen LogP contribution < -0.4 is 5.32 Å². The third-order valence-corrected chi connectivity index (χ3v) is 3.32. The Morgan fingerprint density at radius 1 is 1.24 bits per heavy atom. The van der Waals surface area contributed by atoms with Crippen LogP contribution in [0.25, 0.3) is 0 Å². The summed E-state index contributed by atoms with van der Waals surface area (Å²) in [6.45, 7) is 3.38. The largest absolute Gasteiger partial charge is 0.479 e. The maximum atomic E-state index is 11.5. The van der Waals surface area contributed by atoms with Crippen LogP contribution >= 0.6 is 0 Å². The molecule has 0 bridgehead atoms. The first kappa shape index (κ1) is 20.1. The van der Waals surface area contributed by atoms with E-state index in [0.717, 1.165) is 0 Å². The molecule has 21 heavy (non-hydrogen) atoms. The average Bonchev–Trinajstić information content (AvgIpc) is 2.24. The van der Waals surface area contributed by atoms with Crippen LogP contribution in [0.15, 0.2) is 18.2 Å². The fourth-order valence-electron chi connectivity index (χ4n) is 1.91. The minimum Gasteiger partial charge on any atom is -0.479 e. The molecule has 0 aliphatic heterocycles. The Hall–Kier alpha value is -0.930. The van der Waals surface area contributed by atoms with Crippen molar-refractivity contribution in [1.29, 1.82) is 0 Å². The number of rotatable bonds is 5. The van der Waals surface area contributed by atoms with Crippen LogP contribution in [0.2, 0.25) is 0 Å². The summed E-state index contributed by atoms with van der Waals surface area (Å²) >= 11 is 0. The van der Waals surface area contributed by atoms with E-state index in [4.69, 9.17) is 4.55 Å². The van der Waals surface area contributed by atoms with E-state index in [1.807, 2.05) is 0 Å². The van der Waals surface area contributed by atoms with Gasteiger partial charge in [0.15, 0.2) is 11.8 Å². The molecule has 1 unspecified atom stereocenters. The molecular weight excluding hydrogens is 309 g/mol. The molecule has 1 amide bonds. The number of carbonyl (C=O) groups excluding carboxylic acids is 1. The molecule has 0 saturated carbocycles. The normalized spacial score (nSPS) is 12.1. The van der Waals surface area contributed by atoms with Gasteiger partial charge in [0.05, 0.1) is 0 Å². The second kappa shape index (κ2) is 7.90. The topological polar surface area (TPSA) is 121 Å². The SMILES string of the molecule is Cc1cccc(C)c1C(NC(=O)CS(=O)(=O)O)C(=O)O.[Na]. The molecular formula is C12H15NNaO6S. The number of hydrogen-bond donors (Lipinski definition) is 3. The molecule has 1 atom stereocenters. The fraction of sp³-hybridized carbons (Fsp3) is 0.333. The van der Waals surface area contributed by atoms with Crippen molar-refractivity contribution in [2.24, 2.45) is 0 Å². The van der Waals surface area contributed by atoms with Crippen LogP contribution in [0, 0.1) is 13.8 Å². The second-order valence-corrected chi connectivity index (χ2v) is 5.82. The van der Waals surface area contributed by atoms with Crippen LogP contribution in [0.1, 0.15) is 22.7 Å². The molecule has 0 saturated heterocycles. The maximum absolute atomic E-state index is 11.5. The van der Waals surface area contributed by atoms with E-state index in [1.54, 1.807) is 32.0 Å². The van der Waals surface area contributed by atoms with E-state index in [0.29, 0.717) is 16.7 Å². The Bertz CT molecular complexity index is 623. The van der Waals surface area contributed by atoms with Gasteiger partial charge in [-0.25, -0.2) is 4.79 Å². The van der Waals surface area contributed by atoms with Gasteiger partial charge in [0.25, 0.3) is 10.1 Å². The molecule has 0 aromatic heterocycles. The number of carboxylic acid groups (broad SMARTS) is 1. The molecule has 9 heteroatoms. The van der Waals surface area contributed by atoms with Gasteiger partial charge in [-0.1, -0.05) is 18.2 Å². The van der Waals surface area contributed by atoms with Crippen molar-refractivity contribution in [2.45, 2.75) is 19.9 Å². The number of carbonyl (C=O) groups is 2. The van der Waals surface area contributed by atoms with Crippen molar-refractivity contribution in [3.05, 3.63) is 34.9 Å². The van der Waals surface area contributed by atoms with Gasteiger partial charge in [0.1, 0.15) is 0 Å². The Labute approximate surface area is 144 Å². The summed E-state index contributed by atoms with van der Waals surface area (Å²) in [5.41, 5.74) is 1.71. The monoisotopic (exact) mass is 324 g/mol. The van der Waals surface area contributed by atoms with Gasteiger partial charge in [0.2, 0.25) is 5.91 Å².